The number of rotatable bonds is 2. The second kappa shape index (κ2) is 5.15. The second-order valence-electron chi connectivity index (χ2n) is 4.60. The van der Waals surface area contributed by atoms with Crippen molar-refractivity contribution >= 4 is 11.6 Å². The first kappa shape index (κ1) is 11.9. The van der Waals surface area contributed by atoms with Gasteiger partial charge in [-0.3, -0.25) is 0 Å². The van der Waals surface area contributed by atoms with E-state index in [0.29, 0.717) is 5.92 Å². The van der Waals surface area contributed by atoms with Crippen LogP contribution in [-0.4, -0.2) is 0 Å². The maximum Gasteiger partial charge on any atom is 0.142 e. The lowest BCUT2D eigenvalue weighted by atomic mass is 9.81. The summed E-state index contributed by atoms with van der Waals surface area (Å²) in [7, 11) is 0. The Bertz CT molecular complexity index is 361. The van der Waals surface area contributed by atoms with Gasteiger partial charge >= 0.3 is 0 Å². The first-order valence-corrected chi connectivity index (χ1v) is 6.27. The van der Waals surface area contributed by atoms with Gasteiger partial charge in [-0.15, -0.1) is 0 Å². The lowest BCUT2D eigenvalue weighted by Crippen LogP contribution is -2.23. The van der Waals surface area contributed by atoms with E-state index in [4.69, 9.17) is 17.3 Å². The van der Waals surface area contributed by atoms with E-state index in [2.05, 4.69) is 0 Å². The lowest BCUT2D eigenvalue weighted by Gasteiger charge is -2.27. The molecule has 2 N–H and O–H groups in total. The van der Waals surface area contributed by atoms with E-state index in [1.807, 2.05) is 6.07 Å². The van der Waals surface area contributed by atoms with E-state index >= 15 is 0 Å². The van der Waals surface area contributed by atoms with Gasteiger partial charge in [0.25, 0.3) is 0 Å². The van der Waals surface area contributed by atoms with Gasteiger partial charge in [-0.2, -0.15) is 0 Å². The maximum absolute atomic E-state index is 13.3. The molecule has 0 amide bonds. The zero-order valence-electron chi connectivity index (χ0n) is 9.26. The Labute approximate surface area is 101 Å². The molecule has 1 nitrogen and oxygen atoms in total. The lowest BCUT2D eigenvalue weighted by molar-refractivity contribution is 0.308. The predicted molar refractivity (Wildman–Crippen MR) is 64.9 cm³/mol. The first-order valence-electron chi connectivity index (χ1n) is 5.89. The molecule has 3 heteroatoms. The summed E-state index contributed by atoms with van der Waals surface area (Å²) in [6.07, 6.45) is 6.11. The topological polar surface area (TPSA) is 26.0 Å². The SMILES string of the molecule is NC(c1ccc(Cl)c(F)c1)C1CCCCC1. The summed E-state index contributed by atoms with van der Waals surface area (Å²) in [6.45, 7) is 0. The van der Waals surface area contributed by atoms with Crippen molar-refractivity contribution in [3.05, 3.63) is 34.6 Å². The number of halogens is 2. The third kappa shape index (κ3) is 2.55. The van der Waals surface area contributed by atoms with Crippen molar-refractivity contribution in [2.24, 2.45) is 11.7 Å². The van der Waals surface area contributed by atoms with Crippen LogP contribution in [0.2, 0.25) is 5.02 Å². The van der Waals surface area contributed by atoms with Crippen LogP contribution in [0, 0.1) is 11.7 Å². The monoisotopic (exact) mass is 241 g/mol. The molecule has 1 saturated carbocycles. The van der Waals surface area contributed by atoms with Crippen LogP contribution in [0.5, 0.6) is 0 Å². The summed E-state index contributed by atoms with van der Waals surface area (Å²) in [4.78, 5) is 0. The molecule has 1 aromatic carbocycles. The summed E-state index contributed by atoms with van der Waals surface area (Å²) in [5.41, 5.74) is 7.05. The van der Waals surface area contributed by atoms with Crippen molar-refractivity contribution in [3.8, 4) is 0 Å². The molecule has 0 aliphatic heterocycles. The highest BCUT2D eigenvalue weighted by Crippen LogP contribution is 2.33. The summed E-state index contributed by atoms with van der Waals surface area (Å²) >= 11 is 5.66. The van der Waals surface area contributed by atoms with Crippen LogP contribution < -0.4 is 5.73 Å². The van der Waals surface area contributed by atoms with Gasteiger partial charge in [-0.25, -0.2) is 4.39 Å². The Morgan fingerprint density at radius 1 is 1.25 bits per heavy atom. The fraction of sp³-hybridized carbons (Fsp3) is 0.538. The van der Waals surface area contributed by atoms with E-state index in [-0.39, 0.29) is 16.9 Å². The molecule has 0 saturated heterocycles. The molecule has 1 fully saturated rings. The molecule has 2 rings (SSSR count). The molecule has 0 spiro atoms. The number of hydrogen-bond donors (Lipinski definition) is 1. The summed E-state index contributed by atoms with van der Waals surface area (Å²) in [5, 5.41) is 0.166. The van der Waals surface area contributed by atoms with Crippen LogP contribution in [0.4, 0.5) is 4.39 Å². The molecule has 88 valence electrons. The Morgan fingerprint density at radius 3 is 2.56 bits per heavy atom. The van der Waals surface area contributed by atoms with Crippen molar-refractivity contribution in [2.75, 3.05) is 0 Å². The Balaban J connectivity index is 2.12. The van der Waals surface area contributed by atoms with Gasteiger partial charge in [0.05, 0.1) is 5.02 Å². The molecule has 0 radical (unpaired) electrons. The molecular formula is C13H17ClFN. The molecule has 0 heterocycles. The van der Waals surface area contributed by atoms with Gasteiger partial charge in [0.15, 0.2) is 0 Å². The van der Waals surface area contributed by atoms with Crippen molar-refractivity contribution in [2.45, 2.75) is 38.1 Å². The number of hydrogen-bond acceptors (Lipinski definition) is 1. The Morgan fingerprint density at radius 2 is 1.94 bits per heavy atom. The highest BCUT2D eigenvalue weighted by molar-refractivity contribution is 6.30. The van der Waals surface area contributed by atoms with Crippen LogP contribution in [-0.2, 0) is 0 Å². The quantitative estimate of drug-likeness (QED) is 0.830. The minimum absolute atomic E-state index is 0.0490. The molecule has 1 unspecified atom stereocenters. The molecule has 1 aliphatic rings. The van der Waals surface area contributed by atoms with Crippen LogP contribution in [0.1, 0.15) is 43.7 Å². The van der Waals surface area contributed by atoms with Gasteiger partial charge in [0, 0.05) is 6.04 Å². The van der Waals surface area contributed by atoms with E-state index in [9.17, 15) is 4.39 Å². The smallest absolute Gasteiger partial charge is 0.142 e. The second-order valence-corrected chi connectivity index (χ2v) is 5.00. The van der Waals surface area contributed by atoms with E-state index in [1.54, 1.807) is 6.07 Å². The fourth-order valence-corrected chi connectivity index (χ4v) is 2.60. The molecule has 1 aromatic rings. The molecule has 1 aliphatic carbocycles. The minimum atomic E-state index is -0.370. The minimum Gasteiger partial charge on any atom is -0.324 e. The van der Waals surface area contributed by atoms with Gasteiger partial charge < -0.3 is 5.73 Å². The maximum atomic E-state index is 13.3. The Kier molecular flexibility index (Phi) is 3.82. The number of nitrogens with two attached hydrogens (primary N) is 1. The standard InChI is InChI=1S/C13H17ClFN/c14-11-7-6-10(8-12(11)15)13(16)9-4-2-1-3-5-9/h6-9,13H,1-5,16H2. The summed E-state index contributed by atoms with van der Waals surface area (Å²) < 4.78 is 13.3. The van der Waals surface area contributed by atoms with Crippen molar-refractivity contribution in [3.63, 3.8) is 0 Å². The molecule has 16 heavy (non-hydrogen) atoms. The highest BCUT2D eigenvalue weighted by atomic mass is 35.5. The van der Waals surface area contributed by atoms with Crippen LogP contribution in [0.3, 0.4) is 0 Å². The van der Waals surface area contributed by atoms with Crippen molar-refractivity contribution < 1.29 is 4.39 Å². The highest BCUT2D eigenvalue weighted by Gasteiger charge is 2.22. The molecule has 0 aromatic heterocycles. The van der Waals surface area contributed by atoms with Gasteiger partial charge in [0.2, 0.25) is 0 Å². The summed E-state index contributed by atoms with van der Waals surface area (Å²) in [5.74, 6) is 0.125. The fourth-order valence-electron chi connectivity index (χ4n) is 2.49. The normalized spacial score (nSPS) is 19.7. The molecule has 1 atom stereocenters. The van der Waals surface area contributed by atoms with E-state index in [0.717, 1.165) is 18.4 Å². The predicted octanol–water partition coefficient (Wildman–Crippen LogP) is 4.06. The Hall–Kier alpha value is -0.600. The molecule has 0 bridgehead atoms. The first-order chi connectivity index (χ1) is 7.68. The van der Waals surface area contributed by atoms with Gasteiger partial charge in [-0.1, -0.05) is 36.9 Å². The number of benzene rings is 1. The summed E-state index contributed by atoms with van der Waals surface area (Å²) in [6, 6.07) is 4.85. The zero-order chi connectivity index (χ0) is 11.5. The third-order valence-corrected chi connectivity index (χ3v) is 3.79. The van der Waals surface area contributed by atoms with Gasteiger partial charge in [-0.05, 0) is 36.5 Å². The largest absolute Gasteiger partial charge is 0.324 e. The average Bonchev–Trinajstić information content (AvgIpc) is 2.33. The van der Waals surface area contributed by atoms with Gasteiger partial charge in [0.1, 0.15) is 5.82 Å². The van der Waals surface area contributed by atoms with E-state index in [1.165, 1.54) is 25.3 Å². The van der Waals surface area contributed by atoms with Crippen molar-refractivity contribution in [1.82, 2.24) is 0 Å². The zero-order valence-corrected chi connectivity index (χ0v) is 10.0. The molecular weight excluding hydrogens is 225 g/mol. The van der Waals surface area contributed by atoms with Crippen LogP contribution >= 0.6 is 11.6 Å². The van der Waals surface area contributed by atoms with Crippen molar-refractivity contribution in [1.29, 1.82) is 0 Å². The van der Waals surface area contributed by atoms with E-state index < -0.39 is 0 Å². The average molecular weight is 242 g/mol. The third-order valence-electron chi connectivity index (χ3n) is 3.49. The van der Waals surface area contributed by atoms with Crippen LogP contribution in [0.25, 0.3) is 0 Å². The van der Waals surface area contributed by atoms with Crippen LogP contribution in [0.15, 0.2) is 18.2 Å².